The SMILES string of the molecule is CNC1CCN(C(=O)c2cc(Br)cnc2N(C)C)CC1. The number of hydrogen-bond donors (Lipinski definition) is 1. The molecule has 0 aliphatic carbocycles. The van der Waals surface area contributed by atoms with Gasteiger partial charge in [0.1, 0.15) is 5.82 Å². The maximum atomic E-state index is 12.7. The average Bonchev–Trinajstić information content (AvgIpc) is 2.46. The Hall–Kier alpha value is -1.14. The fourth-order valence-corrected chi connectivity index (χ4v) is 2.82. The summed E-state index contributed by atoms with van der Waals surface area (Å²) in [6.45, 7) is 1.59. The number of likely N-dealkylation sites (tertiary alicyclic amines) is 1. The largest absolute Gasteiger partial charge is 0.362 e. The van der Waals surface area contributed by atoms with Gasteiger partial charge in [0, 0.05) is 43.9 Å². The molecule has 0 spiro atoms. The van der Waals surface area contributed by atoms with Crippen LogP contribution in [0.2, 0.25) is 0 Å². The number of nitrogens with zero attached hydrogens (tertiary/aromatic N) is 3. The molecule has 5 nitrogen and oxygen atoms in total. The summed E-state index contributed by atoms with van der Waals surface area (Å²) in [6, 6.07) is 2.38. The number of hydrogen-bond acceptors (Lipinski definition) is 4. The van der Waals surface area contributed by atoms with Gasteiger partial charge in [0.05, 0.1) is 5.56 Å². The third-order valence-electron chi connectivity index (χ3n) is 3.68. The van der Waals surface area contributed by atoms with Crippen LogP contribution in [0, 0.1) is 0 Å². The number of carbonyl (C=O) groups excluding carboxylic acids is 1. The molecule has 2 heterocycles. The van der Waals surface area contributed by atoms with Gasteiger partial charge in [-0.15, -0.1) is 0 Å². The molecule has 1 amide bonds. The Balaban J connectivity index is 2.19. The number of carbonyl (C=O) groups is 1. The first-order chi connectivity index (χ1) is 9.52. The van der Waals surface area contributed by atoms with E-state index in [4.69, 9.17) is 0 Å². The molecule has 2 rings (SSSR count). The Bertz CT molecular complexity index is 484. The van der Waals surface area contributed by atoms with Crippen molar-refractivity contribution in [2.45, 2.75) is 18.9 Å². The van der Waals surface area contributed by atoms with Gasteiger partial charge in [-0.2, -0.15) is 0 Å². The molecule has 1 saturated heterocycles. The van der Waals surface area contributed by atoms with E-state index in [1.165, 1.54) is 0 Å². The number of nitrogens with one attached hydrogen (secondary N) is 1. The topological polar surface area (TPSA) is 48.5 Å². The van der Waals surface area contributed by atoms with E-state index in [1.807, 2.05) is 37.0 Å². The molecule has 1 fully saturated rings. The lowest BCUT2D eigenvalue weighted by Crippen LogP contribution is -2.44. The Kier molecular flexibility index (Phi) is 4.99. The zero-order valence-corrected chi connectivity index (χ0v) is 13.8. The molecule has 0 atom stereocenters. The third-order valence-corrected chi connectivity index (χ3v) is 4.11. The lowest BCUT2D eigenvalue weighted by molar-refractivity contribution is 0.0707. The van der Waals surface area contributed by atoms with Crippen molar-refractivity contribution in [3.05, 3.63) is 22.3 Å². The third kappa shape index (κ3) is 3.30. The lowest BCUT2D eigenvalue weighted by Gasteiger charge is -2.32. The van der Waals surface area contributed by atoms with Gasteiger partial charge in [-0.25, -0.2) is 4.98 Å². The van der Waals surface area contributed by atoms with Crippen molar-refractivity contribution in [3.8, 4) is 0 Å². The number of aromatic nitrogens is 1. The van der Waals surface area contributed by atoms with Gasteiger partial charge >= 0.3 is 0 Å². The van der Waals surface area contributed by atoms with E-state index in [-0.39, 0.29) is 5.91 Å². The summed E-state index contributed by atoms with van der Waals surface area (Å²) in [5, 5.41) is 3.28. The van der Waals surface area contributed by atoms with E-state index in [1.54, 1.807) is 6.20 Å². The quantitative estimate of drug-likeness (QED) is 0.910. The maximum absolute atomic E-state index is 12.7. The first-order valence-electron chi connectivity index (χ1n) is 6.82. The zero-order valence-electron chi connectivity index (χ0n) is 12.2. The summed E-state index contributed by atoms with van der Waals surface area (Å²) in [4.78, 5) is 20.8. The van der Waals surface area contributed by atoms with E-state index in [0.29, 0.717) is 17.4 Å². The zero-order chi connectivity index (χ0) is 14.7. The van der Waals surface area contributed by atoms with Gasteiger partial charge in [0.25, 0.3) is 5.91 Å². The van der Waals surface area contributed by atoms with Gasteiger partial charge in [-0.3, -0.25) is 4.79 Å². The van der Waals surface area contributed by atoms with E-state index >= 15 is 0 Å². The first-order valence-corrected chi connectivity index (χ1v) is 7.61. The molecule has 1 aliphatic heterocycles. The van der Waals surface area contributed by atoms with Crippen LogP contribution in [-0.2, 0) is 0 Å². The molecule has 1 aromatic heterocycles. The van der Waals surface area contributed by atoms with Crippen LogP contribution in [0.15, 0.2) is 16.7 Å². The highest BCUT2D eigenvalue weighted by atomic mass is 79.9. The number of pyridine rings is 1. The number of amides is 1. The second-order valence-corrected chi connectivity index (χ2v) is 6.19. The minimum atomic E-state index is 0.0667. The Morgan fingerprint density at radius 2 is 2.10 bits per heavy atom. The monoisotopic (exact) mass is 340 g/mol. The van der Waals surface area contributed by atoms with Crippen molar-refractivity contribution in [3.63, 3.8) is 0 Å². The molecule has 0 saturated carbocycles. The van der Waals surface area contributed by atoms with Crippen LogP contribution in [0.25, 0.3) is 0 Å². The molecule has 0 unspecified atom stereocenters. The normalized spacial score (nSPS) is 16.3. The Morgan fingerprint density at radius 3 is 2.65 bits per heavy atom. The smallest absolute Gasteiger partial charge is 0.257 e. The molecule has 20 heavy (non-hydrogen) atoms. The van der Waals surface area contributed by atoms with Crippen LogP contribution < -0.4 is 10.2 Å². The summed E-state index contributed by atoms with van der Waals surface area (Å²) in [6.07, 6.45) is 3.72. The molecular formula is C14H21BrN4O. The molecule has 1 aliphatic rings. The van der Waals surface area contributed by atoms with Crippen LogP contribution >= 0.6 is 15.9 Å². The fourth-order valence-electron chi connectivity index (χ4n) is 2.49. The second kappa shape index (κ2) is 6.54. The van der Waals surface area contributed by atoms with Crippen molar-refractivity contribution in [1.29, 1.82) is 0 Å². The van der Waals surface area contributed by atoms with Gasteiger partial charge in [-0.05, 0) is 41.9 Å². The van der Waals surface area contributed by atoms with Crippen LogP contribution in [0.1, 0.15) is 23.2 Å². The summed E-state index contributed by atoms with van der Waals surface area (Å²) in [5.74, 6) is 0.783. The van der Waals surface area contributed by atoms with Crippen LogP contribution in [0.3, 0.4) is 0 Å². The molecule has 0 bridgehead atoms. The van der Waals surface area contributed by atoms with Crippen molar-refractivity contribution >= 4 is 27.7 Å². The molecule has 1 N–H and O–H groups in total. The highest BCUT2D eigenvalue weighted by molar-refractivity contribution is 9.10. The Morgan fingerprint density at radius 1 is 1.45 bits per heavy atom. The minimum Gasteiger partial charge on any atom is -0.362 e. The van der Waals surface area contributed by atoms with E-state index in [9.17, 15) is 4.79 Å². The number of rotatable bonds is 3. The summed E-state index contributed by atoms with van der Waals surface area (Å²) >= 11 is 3.40. The molecule has 110 valence electrons. The predicted molar refractivity (Wildman–Crippen MR) is 84.2 cm³/mol. The second-order valence-electron chi connectivity index (χ2n) is 5.27. The summed E-state index contributed by atoms with van der Waals surface area (Å²) in [7, 11) is 5.78. The first kappa shape index (κ1) is 15.3. The van der Waals surface area contributed by atoms with Crippen molar-refractivity contribution in [2.75, 3.05) is 39.1 Å². The summed E-state index contributed by atoms with van der Waals surface area (Å²) < 4.78 is 0.830. The average molecular weight is 341 g/mol. The molecule has 0 aromatic carbocycles. The standard InChI is InChI=1S/C14H21BrN4O/c1-16-11-4-6-19(7-5-11)14(20)12-8-10(15)9-17-13(12)18(2)3/h8-9,11,16H,4-7H2,1-3H3. The highest BCUT2D eigenvalue weighted by Crippen LogP contribution is 2.23. The van der Waals surface area contributed by atoms with Gasteiger partial charge in [0.2, 0.25) is 0 Å². The van der Waals surface area contributed by atoms with Gasteiger partial charge in [-0.1, -0.05) is 0 Å². The number of halogens is 1. The number of anilines is 1. The summed E-state index contributed by atoms with van der Waals surface area (Å²) in [5.41, 5.74) is 0.660. The van der Waals surface area contributed by atoms with Crippen molar-refractivity contribution < 1.29 is 4.79 Å². The molecule has 6 heteroatoms. The predicted octanol–water partition coefficient (Wildman–Crippen LogP) is 1.73. The van der Waals surface area contributed by atoms with Crippen LogP contribution in [-0.4, -0.2) is 56.1 Å². The van der Waals surface area contributed by atoms with Crippen LogP contribution in [0.5, 0.6) is 0 Å². The van der Waals surface area contributed by atoms with Crippen LogP contribution in [0.4, 0.5) is 5.82 Å². The molecule has 0 radical (unpaired) electrons. The van der Waals surface area contributed by atoms with Gasteiger partial charge < -0.3 is 15.1 Å². The van der Waals surface area contributed by atoms with E-state index < -0.39 is 0 Å². The van der Waals surface area contributed by atoms with E-state index in [2.05, 4.69) is 26.2 Å². The van der Waals surface area contributed by atoms with Gasteiger partial charge in [0.15, 0.2) is 0 Å². The molecule has 1 aromatic rings. The lowest BCUT2D eigenvalue weighted by atomic mass is 10.0. The van der Waals surface area contributed by atoms with Crippen molar-refractivity contribution in [2.24, 2.45) is 0 Å². The minimum absolute atomic E-state index is 0.0667. The van der Waals surface area contributed by atoms with Crippen molar-refractivity contribution in [1.82, 2.24) is 15.2 Å². The molecular weight excluding hydrogens is 320 g/mol. The maximum Gasteiger partial charge on any atom is 0.257 e. The Labute approximate surface area is 128 Å². The highest BCUT2D eigenvalue weighted by Gasteiger charge is 2.25. The van der Waals surface area contributed by atoms with E-state index in [0.717, 1.165) is 30.4 Å². The fraction of sp³-hybridized carbons (Fsp3) is 0.571. The number of piperidine rings is 1.